The molecular weight excluding hydrogens is 210 g/mol. The van der Waals surface area contributed by atoms with Gasteiger partial charge in [-0.05, 0) is 49.8 Å². The topological polar surface area (TPSA) is 50.9 Å². The van der Waals surface area contributed by atoms with Crippen molar-refractivity contribution in [1.29, 1.82) is 0 Å². The number of aromatic nitrogens is 1. The summed E-state index contributed by atoms with van der Waals surface area (Å²) in [6.07, 6.45) is 4.58. The minimum absolute atomic E-state index is 0.423. The van der Waals surface area contributed by atoms with Crippen LogP contribution in [0.25, 0.3) is 0 Å². The van der Waals surface area contributed by atoms with Gasteiger partial charge in [0, 0.05) is 11.7 Å². The maximum atomic E-state index is 5.65. The molecule has 0 amide bonds. The van der Waals surface area contributed by atoms with Crippen molar-refractivity contribution < 1.29 is 0 Å². The van der Waals surface area contributed by atoms with Gasteiger partial charge in [-0.3, -0.25) is 0 Å². The Hall–Kier alpha value is -1.09. The van der Waals surface area contributed by atoms with Crippen molar-refractivity contribution >= 4 is 5.82 Å². The molecule has 1 aliphatic carbocycles. The Balaban J connectivity index is 2.07. The molecule has 2 rings (SSSR count). The van der Waals surface area contributed by atoms with Gasteiger partial charge in [0.15, 0.2) is 0 Å². The highest BCUT2D eigenvalue weighted by atomic mass is 15.0. The van der Waals surface area contributed by atoms with Crippen molar-refractivity contribution in [3.05, 3.63) is 23.4 Å². The lowest BCUT2D eigenvalue weighted by molar-refractivity contribution is 0.497. The summed E-state index contributed by atoms with van der Waals surface area (Å²) in [5.74, 6) is 1.59. The number of nitrogens with two attached hydrogens (primary N) is 1. The van der Waals surface area contributed by atoms with E-state index < -0.39 is 0 Å². The van der Waals surface area contributed by atoms with E-state index in [4.69, 9.17) is 10.7 Å². The minimum Gasteiger partial charge on any atom is -0.367 e. The van der Waals surface area contributed by atoms with E-state index in [-0.39, 0.29) is 0 Å². The quantitative estimate of drug-likeness (QED) is 0.821. The maximum absolute atomic E-state index is 5.65. The second-order valence-corrected chi connectivity index (χ2v) is 5.23. The lowest BCUT2D eigenvalue weighted by Gasteiger charge is -2.22. The first-order valence-electron chi connectivity index (χ1n) is 6.66. The van der Waals surface area contributed by atoms with Crippen LogP contribution in [0.15, 0.2) is 12.1 Å². The van der Waals surface area contributed by atoms with Gasteiger partial charge in [0.05, 0.1) is 0 Å². The molecule has 3 nitrogen and oxygen atoms in total. The molecule has 0 aliphatic heterocycles. The average Bonchev–Trinajstić information content (AvgIpc) is 2.75. The number of hydrogen-bond donors (Lipinski definition) is 2. The van der Waals surface area contributed by atoms with E-state index in [0.717, 1.165) is 25.2 Å². The Labute approximate surface area is 104 Å². The zero-order valence-corrected chi connectivity index (χ0v) is 10.9. The molecule has 0 radical (unpaired) electrons. The maximum Gasteiger partial charge on any atom is 0.126 e. The Bertz CT molecular complexity index is 374. The number of rotatable bonds is 5. The Morgan fingerprint density at radius 2 is 2.18 bits per heavy atom. The third-order valence-electron chi connectivity index (χ3n) is 3.54. The highest BCUT2D eigenvalue weighted by molar-refractivity contribution is 5.41. The molecule has 0 aromatic carbocycles. The summed E-state index contributed by atoms with van der Waals surface area (Å²) in [5, 5.41) is 3.52. The molecule has 1 aromatic rings. The standard InChI is InChI=1S/C14H23N3/c1-10(2)12(8-9-15)16-14-7-6-11-4-3-5-13(11)17-14/h6-7,10,12H,3-5,8-9,15H2,1-2H3,(H,16,17). The van der Waals surface area contributed by atoms with Crippen LogP contribution in [-0.4, -0.2) is 17.6 Å². The number of hydrogen-bond acceptors (Lipinski definition) is 3. The number of anilines is 1. The lowest BCUT2D eigenvalue weighted by Crippen LogP contribution is -2.28. The molecule has 1 aromatic heterocycles. The van der Waals surface area contributed by atoms with Gasteiger partial charge in [-0.25, -0.2) is 4.98 Å². The van der Waals surface area contributed by atoms with E-state index in [0.29, 0.717) is 12.0 Å². The third kappa shape index (κ3) is 2.97. The van der Waals surface area contributed by atoms with Crippen molar-refractivity contribution in [3.8, 4) is 0 Å². The normalized spacial score (nSPS) is 16.0. The second-order valence-electron chi connectivity index (χ2n) is 5.23. The van der Waals surface area contributed by atoms with Crippen LogP contribution in [0.4, 0.5) is 5.82 Å². The molecule has 0 fully saturated rings. The van der Waals surface area contributed by atoms with Gasteiger partial charge in [0.2, 0.25) is 0 Å². The number of pyridine rings is 1. The van der Waals surface area contributed by atoms with Crippen LogP contribution in [-0.2, 0) is 12.8 Å². The fourth-order valence-corrected chi connectivity index (χ4v) is 2.44. The summed E-state index contributed by atoms with van der Waals surface area (Å²) in [5.41, 5.74) is 8.36. The average molecular weight is 233 g/mol. The van der Waals surface area contributed by atoms with E-state index in [1.807, 2.05) is 0 Å². The molecule has 0 bridgehead atoms. The summed E-state index contributed by atoms with van der Waals surface area (Å²) in [6, 6.07) is 4.75. The lowest BCUT2D eigenvalue weighted by atomic mass is 10.0. The van der Waals surface area contributed by atoms with Crippen molar-refractivity contribution in [2.45, 2.75) is 45.6 Å². The van der Waals surface area contributed by atoms with Gasteiger partial charge in [-0.1, -0.05) is 19.9 Å². The largest absolute Gasteiger partial charge is 0.367 e. The predicted octanol–water partition coefficient (Wildman–Crippen LogP) is 2.36. The van der Waals surface area contributed by atoms with Gasteiger partial charge in [0.1, 0.15) is 5.82 Å². The van der Waals surface area contributed by atoms with E-state index in [9.17, 15) is 0 Å². The molecular formula is C14H23N3. The first kappa shape index (κ1) is 12.4. The van der Waals surface area contributed by atoms with Crippen LogP contribution in [0.1, 0.15) is 37.9 Å². The van der Waals surface area contributed by atoms with Crippen molar-refractivity contribution in [2.24, 2.45) is 11.7 Å². The molecule has 0 saturated heterocycles. The number of aryl methyl sites for hydroxylation is 2. The van der Waals surface area contributed by atoms with Crippen LogP contribution >= 0.6 is 0 Å². The zero-order valence-electron chi connectivity index (χ0n) is 10.9. The molecule has 1 heterocycles. The summed E-state index contributed by atoms with van der Waals surface area (Å²) >= 11 is 0. The SMILES string of the molecule is CC(C)C(CCN)Nc1ccc2c(n1)CCC2. The van der Waals surface area contributed by atoms with Crippen molar-refractivity contribution in [1.82, 2.24) is 4.98 Å². The fourth-order valence-electron chi connectivity index (χ4n) is 2.44. The van der Waals surface area contributed by atoms with Gasteiger partial charge in [0.25, 0.3) is 0 Å². The third-order valence-corrected chi connectivity index (χ3v) is 3.54. The number of fused-ring (bicyclic) bond motifs is 1. The monoisotopic (exact) mass is 233 g/mol. The van der Waals surface area contributed by atoms with E-state index in [2.05, 4.69) is 31.3 Å². The van der Waals surface area contributed by atoms with E-state index in [1.54, 1.807) is 0 Å². The molecule has 94 valence electrons. The molecule has 0 spiro atoms. The Morgan fingerprint density at radius 1 is 1.35 bits per heavy atom. The van der Waals surface area contributed by atoms with Gasteiger partial charge in [-0.15, -0.1) is 0 Å². The second kappa shape index (κ2) is 5.50. The summed E-state index contributed by atoms with van der Waals surface area (Å²) in [6.45, 7) is 5.17. The zero-order chi connectivity index (χ0) is 12.3. The van der Waals surface area contributed by atoms with E-state index >= 15 is 0 Å². The highest BCUT2D eigenvalue weighted by Crippen LogP contribution is 2.22. The van der Waals surface area contributed by atoms with Crippen LogP contribution < -0.4 is 11.1 Å². The molecule has 1 aliphatic rings. The van der Waals surface area contributed by atoms with E-state index in [1.165, 1.54) is 24.1 Å². The highest BCUT2D eigenvalue weighted by Gasteiger charge is 2.15. The van der Waals surface area contributed by atoms with Crippen LogP contribution in [0.5, 0.6) is 0 Å². The Kier molecular flexibility index (Phi) is 4.00. The molecule has 3 N–H and O–H groups in total. The van der Waals surface area contributed by atoms with Crippen LogP contribution in [0, 0.1) is 5.92 Å². The van der Waals surface area contributed by atoms with Crippen molar-refractivity contribution in [2.75, 3.05) is 11.9 Å². The molecule has 1 unspecified atom stereocenters. The molecule has 3 heteroatoms. The van der Waals surface area contributed by atoms with Crippen LogP contribution in [0.2, 0.25) is 0 Å². The Morgan fingerprint density at radius 3 is 2.88 bits per heavy atom. The van der Waals surface area contributed by atoms with Gasteiger partial charge in [-0.2, -0.15) is 0 Å². The van der Waals surface area contributed by atoms with Gasteiger partial charge < -0.3 is 11.1 Å². The predicted molar refractivity (Wildman–Crippen MR) is 72.2 cm³/mol. The van der Waals surface area contributed by atoms with Gasteiger partial charge >= 0.3 is 0 Å². The van der Waals surface area contributed by atoms with Crippen molar-refractivity contribution in [3.63, 3.8) is 0 Å². The fraction of sp³-hybridized carbons (Fsp3) is 0.643. The summed E-state index contributed by atoms with van der Waals surface area (Å²) < 4.78 is 0. The molecule has 1 atom stereocenters. The number of nitrogens with one attached hydrogen (secondary N) is 1. The molecule has 0 saturated carbocycles. The smallest absolute Gasteiger partial charge is 0.126 e. The minimum atomic E-state index is 0.423. The number of nitrogens with zero attached hydrogens (tertiary/aromatic N) is 1. The first-order valence-corrected chi connectivity index (χ1v) is 6.66. The summed E-state index contributed by atoms with van der Waals surface area (Å²) in [4.78, 5) is 4.71. The van der Waals surface area contributed by atoms with Crippen LogP contribution in [0.3, 0.4) is 0 Å². The molecule has 17 heavy (non-hydrogen) atoms. The summed E-state index contributed by atoms with van der Waals surface area (Å²) in [7, 11) is 0. The first-order chi connectivity index (χ1) is 8.20.